The minimum atomic E-state index is -3.82. The largest absolute Gasteiger partial charge is 0.326 e. The van der Waals surface area contributed by atoms with Crippen LogP contribution in [0.15, 0.2) is 42.5 Å². The van der Waals surface area contributed by atoms with Crippen LogP contribution >= 0.6 is 11.6 Å². The number of nitro groups is 1. The summed E-state index contributed by atoms with van der Waals surface area (Å²) in [6.45, 7) is 0. The third-order valence-electron chi connectivity index (χ3n) is 3.96. The number of rotatable bonds is 2. The number of nitro benzene ring substituents is 1. The second-order valence-electron chi connectivity index (χ2n) is 5.60. The van der Waals surface area contributed by atoms with E-state index in [1.165, 1.54) is 18.2 Å². The standard InChI is InChI=1S/C16H13ClN2O5S/c17-13-4-2-1-3-11(13)16-12-9-10(19(21)22)5-6-14(12)18-15(20)7-8-25(16,23)24/h1-6,9,16H,7-8H2,(H,18,20). The van der Waals surface area contributed by atoms with Gasteiger partial charge in [0.05, 0.1) is 10.7 Å². The molecule has 1 aliphatic heterocycles. The zero-order chi connectivity index (χ0) is 18.2. The normalized spacial score (nSPS) is 19.2. The van der Waals surface area contributed by atoms with E-state index in [0.717, 1.165) is 0 Å². The number of carbonyl (C=O) groups excluding carboxylic acids is 1. The van der Waals surface area contributed by atoms with Gasteiger partial charge in [-0.3, -0.25) is 14.9 Å². The highest BCUT2D eigenvalue weighted by Crippen LogP contribution is 2.41. The lowest BCUT2D eigenvalue weighted by Gasteiger charge is -2.24. The van der Waals surface area contributed by atoms with Crippen LogP contribution in [0.3, 0.4) is 0 Å². The smallest absolute Gasteiger partial charge is 0.269 e. The number of fused-ring (bicyclic) bond motifs is 1. The Hall–Kier alpha value is -2.45. The fraction of sp³-hybridized carbons (Fsp3) is 0.188. The first-order chi connectivity index (χ1) is 11.8. The summed E-state index contributed by atoms with van der Waals surface area (Å²) < 4.78 is 25.8. The number of hydrogen-bond donors (Lipinski definition) is 1. The van der Waals surface area contributed by atoms with Gasteiger partial charge in [0.1, 0.15) is 5.25 Å². The zero-order valence-corrected chi connectivity index (χ0v) is 14.4. The molecule has 1 N–H and O–H groups in total. The molecule has 9 heteroatoms. The number of nitrogens with one attached hydrogen (secondary N) is 1. The molecule has 0 bridgehead atoms. The highest BCUT2D eigenvalue weighted by Gasteiger charge is 2.35. The highest BCUT2D eigenvalue weighted by atomic mass is 35.5. The van der Waals surface area contributed by atoms with Crippen LogP contribution in [0.1, 0.15) is 22.8 Å². The van der Waals surface area contributed by atoms with Crippen LogP contribution in [-0.2, 0) is 14.6 Å². The van der Waals surface area contributed by atoms with Crippen LogP contribution in [-0.4, -0.2) is 25.0 Å². The number of amides is 1. The Labute approximate surface area is 148 Å². The Bertz CT molecular complexity index is 974. The number of hydrogen-bond acceptors (Lipinski definition) is 5. The molecule has 1 amide bonds. The summed E-state index contributed by atoms with van der Waals surface area (Å²) in [6, 6.07) is 10.2. The molecule has 0 radical (unpaired) electrons. The molecule has 0 saturated heterocycles. The van der Waals surface area contributed by atoms with Crippen molar-refractivity contribution in [2.45, 2.75) is 11.7 Å². The summed E-state index contributed by atoms with van der Waals surface area (Å²) >= 11 is 6.19. The minimum absolute atomic E-state index is 0.135. The molecular formula is C16H13ClN2O5S. The van der Waals surface area contributed by atoms with E-state index in [4.69, 9.17) is 11.6 Å². The van der Waals surface area contributed by atoms with Crippen LogP contribution in [0.25, 0.3) is 0 Å². The van der Waals surface area contributed by atoms with Gasteiger partial charge in [0.15, 0.2) is 9.84 Å². The number of anilines is 1. The Morgan fingerprint density at radius 3 is 2.56 bits per heavy atom. The van der Waals surface area contributed by atoms with Crippen molar-refractivity contribution in [1.82, 2.24) is 0 Å². The average molecular weight is 381 g/mol. The number of benzene rings is 2. The minimum Gasteiger partial charge on any atom is -0.326 e. The lowest BCUT2D eigenvalue weighted by Crippen LogP contribution is -2.27. The van der Waals surface area contributed by atoms with Crippen molar-refractivity contribution >= 4 is 38.7 Å². The molecule has 1 aliphatic rings. The lowest BCUT2D eigenvalue weighted by atomic mass is 10.0. The molecule has 1 atom stereocenters. The molecule has 7 nitrogen and oxygen atoms in total. The van der Waals surface area contributed by atoms with E-state index in [1.807, 2.05) is 0 Å². The number of halogens is 1. The highest BCUT2D eigenvalue weighted by molar-refractivity contribution is 7.91. The van der Waals surface area contributed by atoms with Gasteiger partial charge in [0, 0.05) is 34.8 Å². The molecule has 130 valence electrons. The van der Waals surface area contributed by atoms with Gasteiger partial charge in [-0.15, -0.1) is 0 Å². The molecule has 1 unspecified atom stereocenters. The fourth-order valence-corrected chi connectivity index (χ4v) is 4.99. The van der Waals surface area contributed by atoms with E-state index >= 15 is 0 Å². The Balaban J connectivity index is 2.32. The fourth-order valence-electron chi connectivity index (χ4n) is 2.80. The Morgan fingerprint density at radius 2 is 1.88 bits per heavy atom. The van der Waals surface area contributed by atoms with Crippen molar-refractivity contribution in [2.24, 2.45) is 0 Å². The second-order valence-corrected chi connectivity index (χ2v) is 8.21. The first-order valence-corrected chi connectivity index (χ1v) is 9.43. The molecule has 3 rings (SSSR count). The van der Waals surface area contributed by atoms with E-state index in [1.54, 1.807) is 24.3 Å². The van der Waals surface area contributed by atoms with Gasteiger partial charge < -0.3 is 5.32 Å². The van der Waals surface area contributed by atoms with Crippen LogP contribution < -0.4 is 5.32 Å². The number of non-ortho nitro benzene ring substituents is 1. The molecule has 1 heterocycles. The Kier molecular flexibility index (Phi) is 4.49. The number of carbonyl (C=O) groups is 1. The summed E-state index contributed by atoms with van der Waals surface area (Å²) in [7, 11) is -3.82. The zero-order valence-electron chi connectivity index (χ0n) is 12.8. The molecule has 0 fully saturated rings. The van der Waals surface area contributed by atoms with E-state index in [9.17, 15) is 23.3 Å². The number of nitrogens with zero attached hydrogens (tertiary/aromatic N) is 1. The maximum Gasteiger partial charge on any atom is 0.269 e. The van der Waals surface area contributed by atoms with Crippen LogP contribution in [0.2, 0.25) is 5.02 Å². The summed E-state index contributed by atoms with van der Waals surface area (Å²) in [5.74, 6) is -0.840. The summed E-state index contributed by atoms with van der Waals surface area (Å²) in [6.07, 6.45) is -0.195. The maximum atomic E-state index is 12.9. The first kappa shape index (κ1) is 17.4. The molecule has 0 spiro atoms. The predicted octanol–water partition coefficient (Wildman–Crippen LogP) is 3.09. The Morgan fingerprint density at radius 1 is 1.16 bits per heavy atom. The van der Waals surface area contributed by atoms with E-state index in [0.29, 0.717) is 5.56 Å². The van der Waals surface area contributed by atoms with Crippen molar-refractivity contribution in [1.29, 1.82) is 0 Å². The average Bonchev–Trinajstić information content (AvgIpc) is 2.55. The summed E-state index contributed by atoms with van der Waals surface area (Å²) in [5, 5.41) is 12.8. The molecule has 2 aromatic rings. The lowest BCUT2D eigenvalue weighted by molar-refractivity contribution is -0.384. The van der Waals surface area contributed by atoms with E-state index in [2.05, 4.69) is 5.32 Å². The first-order valence-electron chi connectivity index (χ1n) is 7.34. The van der Waals surface area contributed by atoms with Crippen molar-refractivity contribution in [3.05, 3.63) is 68.7 Å². The second kappa shape index (κ2) is 6.45. The molecule has 25 heavy (non-hydrogen) atoms. The van der Waals surface area contributed by atoms with Gasteiger partial charge in [-0.1, -0.05) is 29.8 Å². The van der Waals surface area contributed by atoms with Gasteiger partial charge in [-0.25, -0.2) is 8.42 Å². The molecule has 0 saturated carbocycles. The van der Waals surface area contributed by atoms with Gasteiger partial charge in [-0.2, -0.15) is 0 Å². The quantitative estimate of drug-likeness (QED) is 0.636. The maximum absolute atomic E-state index is 12.9. The molecule has 0 aliphatic carbocycles. The topological polar surface area (TPSA) is 106 Å². The van der Waals surface area contributed by atoms with Crippen LogP contribution in [0, 0.1) is 10.1 Å². The molecular weight excluding hydrogens is 368 g/mol. The monoisotopic (exact) mass is 380 g/mol. The third kappa shape index (κ3) is 3.35. The van der Waals surface area contributed by atoms with E-state index in [-0.39, 0.29) is 34.1 Å². The van der Waals surface area contributed by atoms with Crippen molar-refractivity contribution in [2.75, 3.05) is 11.1 Å². The van der Waals surface area contributed by atoms with Gasteiger partial charge in [0.2, 0.25) is 5.91 Å². The molecule has 0 aromatic heterocycles. The number of sulfone groups is 1. The summed E-state index contributed by atoms with van der Waals surface area (Å²) in [5.41, 5.74) is 0.419. The van der Waals surface area contributed by atoms with Gasteiger partial charge in [-0.05, 0) is 17.7 Å². The van der Waals surface area contributed by atoms with Crippen LogP contribution in [0.5, 0.6) is 0 Å². The summed E-state index contributed by atoms with van der Waals surface area (Å²) in [4.78, 5) is 22.4. The predicted molar refractivity (Wildman–Crippen MR) is 93.4 cm³/mol. The third-order valence-corrected chi connectivity index (χ3v) is 6.31. The van der Waals surface area contributed by atoms with Crippen molar-refractivity contribution in [3.63, 3.8) is 0 Å². The van der Waals surface area contributed by atoms with E-state index < -0.39 is 25.9 Å². The van der Waals surface area contributed by atoms with Crippen molar-refractivity contribution in [3.8, 4) is 0 Å². The van der Waals surface area contributed by atoms with Crippen molar-refractivity contribution < 1.29 is 18.1 Å². The van der Waals surface area contributed by atoms with Gasteiger partial charge >= 0.3 is 0 Å². The molecule has 2 aromatic carbocycles. The SMILES string of the molecule is O=C1CCS(=O)(=O)C(c2ccccc2Cl)c2cc([N+](=O)[O-])ccc2N1. The van der Waals surface area contributed by atoms with Crippen LogP contribution in [0.4, 0.5) is 11.4 Å². The van der Waals surface area contributed by atoms with Gasteiger partial charge in [0.25, 0.3) is 5.69 Å².